The molecule has 5 N–H and O–H groups in total. The molecule has 106 valence electrons. The number of amides is 1. The summed E-state index contributed by atoms with van der Waals surface area (Å²) < 4.78 is 1.75. The Hall–Kier alpha value is -1.60. The number of aryl methyl sites for hydroxylation is 2. The molecule has 0 atom stereocenters. The van der Waals surface area contributed by atoms with Gasteiger partial charge in [-0.1, -0.05) is 0 Å². The van der Waals surface area contributed by atoms with Crippen LogP contribution in [0.5, 0.6) is 0 Å². The molecule has 19 heavy (non-hydrogen) atoms. The van der Waals surface area contributed by atoms with Gasteiger partial charge in [-0.05, 0) is 32.9 Å². The minimum absolute atomic E-state index is 0.0262. The number of nitrogens with one attached hydrogen (secondary N) is 1. The Morgan fingerprint density at radius 3 is 2.63 bits per heavy atom. The largest absolute Gasteiger partial charge is 0.369 e. The van der Waals surface area contributed by atoms with Crippen molar-refractivity contribution in [2.75, 3.05) is 18.5 Å². The van der Waals surface area contributed by atoms with E-state index >= 15 is 0 Å². The van der Waals surface area contributed by atoms with Gasteiger partial charge in [-0.2, -0.15) is 5.10 Å². The molecule has 0 aliphatic carbocycles. The van der Waals surface area contributed by atoms with Crippen LogP contribution in [-0.2, 0) is 18.4 Å². The van der Waals surface area contributed by atoms with E-state index in [9.17, 15) is 4.79 Å². The maximum Gasteiger partial charge on any atom is 0.220 e. The Balaban J connectivity index is 2.01. The molecular weight excluding hydrogens is 244 g/mol. The number of anilines is 1. The van der Waals surface area contributed by atoms with E-state index in [0.29, 0.717) is 0 Å². The molecule has 2 heterocycles. The van der Waals surface area contributed by atoms with Crippen molar-refractivity contribution in [2.24, 2.45) is 24.5 Å². The highest BCUT2D eigenvalue weighted by molar-refractivity contribution is 5.76. The number of rotatable bonds is 4. The number of hydrogen-bond donors (Lipinski definition) is 3. The van der Waals surface area contributed by atoms with E-state index in [1.165, 1.54) is 0 Å². The van der Waals surface area contributed by atoms with E-state index in [2.05, 4.69) is 15.4 Å². The molecule has 0 radical (unpaired) electrons. The van der Waals surface area contributed by atoms with Gasteiger partial charge in [0.2, 0.25) is 5.91 Å². The highest BCUT2D eigenvalue weighted by Gasteiger charge is 2.24. The average Bonchev–Trinajstić information content (AvgIpc) is 2.64. The van der Waals surface area contributed by atoms with Crippen LogP contribution in [0.15, 0.2) is 0 Å². The Labute approximate surface area is 112 Å². The standard InChI is InChI=1S/C12H22N6O/c1-8-10(12(15-14)17(2)16-8)7-18-5-3-9(4-6-18)11(13)19/h9,15H,3-7,14H2,1-2H3,(H2,13,19). The SMILES string of the molecule is Cc1nn(C)c(NN)c1CN1CCC(C(N)=O)CC1. The molecule has 7 nitrogen and oxygen atoms in total. The maximum atomic E-state index is 11.1. The summed E-state index contributed by atoms with van der Waals surface area (Å²) in [6.45, 7) is 4.54. The molecule has 0 bridgehead atoms. The number of aromatic nitrogens is 2. The molecular formula is C12H22N6O. The van der Waals surface area contributed by atoms with Crippen LogP contribution in [0.25, 0.3) is 0 Å². The molecule has 1 aliphatic heterocycles. The Morgan fingerprint density at radius 2 is 2.11 bits per heavy atom. The van der Waals surface area contributed by atoms with Crippen molar-refractivity contribution in [3.63, 3.8) is 0 Å². The van der Waals surface area contributed by atoms with Crippen molar-refractivity contribution in [1.82, 2.24) is 14.7 Å². The lowest BCUT2D eigenvalue weighted by Crippen LogP contribution is -2.38. The van der Waals surface area contributed by atoms with Gasteiger partial charge >= 0.3 is 0 Å². The molecule has 1 saturated heterocycles. The van der Waals surface area contributed by atoms with Gasteiger partial charge < -0.3 is 11.2 Å². The number of nitrogens with two attached hydrogens (primary N) is 2. The summed E-state index contributed by atoms with van der Waals surface area (Å²) in [4.78, 5) is 13.5. The fourth-order valence-electron chi connectivity index (χ4n) is 2.67. The van der Waals surface area contributed by atoms with Gasteiger partial charge in [0.25, 0.3) is 0 Å². The second-order valence-electron chi connectivity index (χ2n) is 5.13. The third kappa shape index (κ3) is 2.87. The van der Waals surface area contributed by atoms with Crippen molar-refractivity contribution >= 4 is 11.7 Å². The molecule has 1 amide bonds. The molecule has 2 rings (SSSR count). The number of carbonyl (C=O) groups excluding carboxylic acids is 1. The zero-order chi connectivity index (χ0) is 14.0. The van der Waals surface area contributed by atoms with Gasteiger partial charge in [0.1, 0.15) is 5.82 Å². The van der Waals surface area contributed by atoms with Gasteiger partial charge in [0.05, 0.1) is 5.69 Å². The fraction of sp³-hybridized carbons (Fsp3) is 0.667. The highest BCUT2D eigenvalue weighted by Crippen LogP contribution is 2.23. The molecule has 7 heteroatoms. The van der Waals surface area contributed by atoms with Crippen LogP contribution in [0, 0.1) is 12.8 Å². The van der Waals surface area contributed by atoms with E-state index in [4.69, 9.17) is 11.6 Å². The normalized spacial score (nSPS) is 17.6. The van der Waals surface area contributed by atoms with E-state index in [1.807, 2.05) is 14.0 Å². The third-order valence-corrected chi connectivity index (χ3v) is 3.85. The number of carbonyl (C=O) groups is 1. The Morgan fingerprint density at radius 1 is 1.47 bits per heavy atom. The number of likely N-dealkylation sites (tertiary alicyclic amines) is 1. The zero-order valence-electron chi connectivity index (χ0n) is 11.5. The van der Waals surface area contributed by atoms with Gasteiger partial charge in [-0.15, -0.1) is 0 Å². The third-order valence-electron chi connectivity index (χ3n) is 3.85. The first-order valence-electron chi connectivity index (χ1n) is 6.53. The summed E-state index contributed by atoms with van der Waals surface area (Å²) in [6.07, 6.45) is 1.67. The number of hydrogen-bond acceptors (Lipinski definition) is 5. The number of hydrazine groups is 1. The van der Waals surface area contributed by atoms with Crippen LogP contribution in [-0.4, -0.2) is 33.7 Å². The monoisotopic (exact) mass is 266 g/mol. The van der Waals surface area contributed by atoms with Crippen molar-refractivity contribution in [1.29, 1.82) is 0 Å². The van der Waals surface area contributed by atoms with Crippen LogP contribution < -0.4 is 17.0 Å². The molecule has 0 aromatic carbocycles. The zero-order valence-corrected chi connectivity index (χ0v) is 11.5. The topological polar surface area (TPSA) is 102 Å². The molecule has 1 aromatic heterocycles. The predicted molar refractivity (Wildman–Crippen MR) is 73.0 cm³/mol. The fourth-order valence-corrected chi connectivity index (χ4v) is 2.67. The molecule has 0 saturated carbocycles. The molecule has 1 aromatic rings. The maximum absolute atomic E-state index is 11.1. The first-order chi connectivity index (χ1) is 9.02. The predicted octanol–water partition coefficient (Wildman–Crippen LogP) is -0.289. The van der Waals surface area contributed by atoms with E-state index < -0.39 is 0 Å². The van der Waals surface area contributed by atoms with Crippen LogP contribution in [0.1, 0.15) is 24.1 Å². The highest BCUT2D eigenvalue weighted by atomic mass is 16.1. The number of nitrogens with zero attached hydrogens (tertiary/aromatic N) is 3. The summed E-state index contributed by atoms with van der Waals surface area (Å²) in [5.74, 6) is 6.23. The summed E-state index contributed by atoms with van der Waals surface area (Å²) in [6, 6.07) is 0. The molecule has 0 spiro atoms. The van der Waals surface area contributed by atoms with Crippen LogP contribution in [0.4, 0.5) is 5.82 Å². The average molecular weight is 266 g/mol. The molecule has 1 fully saturated rings. The smallest absolute Gasteiger partial charge is 0.220 e. The number of nitrogen functional groups attached to an aromatic ring is 1. The van der Waals surface area contributed by atoms with E-state index in [1.54, 1.807) is 4.68 Å². The van der Waals surface area contributed by atoms with Crippen LogP contribution in [0.2, 0.25) is 0 Å². The Kier molecular flexibility index (Phi) is 4.06. The Bertz CT molecular complexity index is 461. The number of primary amides is 1. The molecule has 0 unspecified atom stereocenters. The van der Waals surface area contributed by atoms with Crippen LogP contribution in [0.3, 0.4) is 0 Å². The lowest BCUT2D eigenvalue weighted by molar-refractivity contribution is -0.123. The quantitative estimate of drug-likeness (QED) is 0.513. The summed E-state index contributed by atoms with van der Waals surface area (Å²) in [7, 11) is 1.87. The van der Waals surface area contributed by atoms with Gasteiger partial charge in [0, 0.05) is 25.1 Å². The van der Waals surface area contributed by atoms with Crippen molar-refractivity contribution in [2.45, 2.75) is 26.3 Å². The van der Waals surface area contributed by atoms with Crippen molar-refractivity contribution in [3.8, 4) is 0 Å². The first-order valence-corrected chi connectivity index (χ1v) is 6.53. The minimum Gasteiger partial charge on any atom is -0.369 e. The van der Waals surface area contributed by atoms with Gasteiger partial charge in [-0.3, -0.25) is 14.4 Å². The van der Waals surface area contributed by atoms with Crippen molar-refractivity contribution in [3.05, 3.63) is 11.3 Å². The second kappa shape index (κ2) is 5.58. The summed E-state index contributed by atoms with van der Waals surface area (Å²) in [5.41, 5.74) is 10.1. The van der Waals surface area contributed by atoms with Crippen molar-refractivity contribution < 1.29 is 4.79 Å². The minimum atomic E-state index is -0.179. The van der Waals surface area contributed by atoms with Crippen LogP contribution >= 0.6 is 0 Å². The summed E-state index contributed by atoms with van der Waals surface area (Å²) >= 11 is 0. The second-order valence-corrected chi connectivity index (χ2v) is 5.13. The summed E-state index contributed by atoms with van der Waals surface area (Å²) in [5, 5.41) is 4.36. The van der Waals surface area contributed by atoms with E-state index in [-0.39, 0.29) is 11.8 Å². The lowest BCUT2D eigenvalue weighted by atomic mass is 9.96. The van der Waals surface area contributed by atoms with Gasteiger partial charge in [-0.25, -0.2) is 5.84 Å². The van der Waals surface area contributed by atoms with Gasteiger partial charge in [0.15, 0.2) is 0 Å². The molecule has 1 aliphatic rings. The first kappa shape index (κ1) is 13.8. The van der Waals surface area contributed by atoms with E-state index in [0.717, 1.165) is 49.6 Å². The number of piperidine rings is 1. The lowest BCUT2D eigenvalue weighted by Gasteiger charge is -2.30.